The molecule has 0 atom stereocenters. The first-order valence-electron chi connectivity index (χ1n) is 9.42. The maximum Gasteiger partial charge on any atom is 0.269 e. The molecule has 4 rings (SSSR count). The standard InChI is InChI=1S/C22H16N8OS2/c1-32-21-11(8-23)13(25)7-14(29-21)28-20(31)18-17(26)16-15(10-5-3-2-4-6-10)12(9-24)19(27)30-22(16)33-18/h2-7H,26H2,1H3,(H2,27,30)(H3,25,28,29,31). The monoisotopic (exact) mass is 472 g/mol. The minimum atomic E-state index is -0.518. The van der Waals surface area contributed by atoms with Crippen molar-refractivity contribution in [2.24, 2.45) is 0 Å². The summed E-state index contributed by atoms with van der Waals surface area (Å²) in [6.07, 6.45) is 1.76. The molecule has 162 valence electrons. The fourth-order valence-electron chi connectivity index (χ4n) is 3.38. The summed E-state index contributed by atoms with van der Waals surface area (Å²) in [4.78, 5) is 22.3. The zero-order valence-corrected chi connectivity index (χ0v) is 18.8. The Hall–Kier alpha value is -4.32. The lowest BCUT2D eigenvalue weighted by atomic mass is 9.97. The molecule has 11 heteroatoms. The lowest BCUT2D eigenvalue weighted by Gasteiger charge is -2.10. The molecule has 0 unspecified atom stereocenters. The molecule has 0 spiro atoms. The molecule has 0 aliphatic carbocycles. The van der Waals surface area contributed by atoms with Gasteiger partial charge in [0, 0.05) is 17.0 Å². The summed E-state index contributed by atoms with van der Waals surface area (Å²) in [5.74, 6) is -0.273. The second kappa shape index (κ2) is 8.67. The Labute approximate surface area is 196 Å². The van der Waals surface area contributed by atoms with Crippen molar-refractivity contribution < 1.29 is 4.79 Å². The Morgan fingerprint density at radius 1 is 1.09 bits per heavy atom. The summed E-state index contributed by atoms with van der Waals surface area (Å²) in [6.45, 7) is 0. The second-order valence-electron chi connectivity index (χ2n) is 6.80. The van der Waals surface area contributed by atoms with Crippen molar-refractivity contribution in [3.05, 3.63) is 52.4 Å². The van der Waals surface area contributed by atoms with Crippen LogP contribution < -0.4 is 22.5 Å². The third kappa shape index (κ3) is 3.76. The molecule has 0 aliphatic heterocycles. The molecule has 0 aliphatic rings. The molecule has 3 heterocycles. The molecule has 0 fully saturated rings. The van der Waals surface area contributed by atoms with Crippen LogP contribution in [0.25, 0.3) is 21.3 Å². The largest absolute Gasteiger partial charge is 0.397 e. The van der Waals surface area contributed by atoms with E-state index in [9.17, 15) is 15.3 Å². The van der Waals surface area contributed by atoms with Crippen LogP contribution in [0.15, 0.2) is 41.4 Å². The van der Waals surface area contributed by atoms with Crippen LogP contribution in [0.4, 0.5) is 23.0 Å². The van der Waals surface area contributed by atoms with Gasteiger partial charge < -0.3 is 22.5 Å². The number of hydrogen-bond donors (Lipinski definition) is 4. The number of nitrogens with one attached hydrogen (secondary N) is 1. The Balaban J connectivity index is 1.85. The Morgan fingerprint density at radius 2 is 1.79 bits per heavy atom. The number of hydrogen-bond acceptors (Lipinski definition) is 10. The van der Waals surface area contributed by atoms with E-state index >= 15 is 0 Å². The topological polar surface area (TPSA) is 181 Å². The number of carbonyl (C=O) groups excluding carboxylic acids is 1. The molecule has 33 heavy (non-hydrogen) atoms. The minimum Gasteiger partial charge on any atom is -0.397 e. The van der Waals surface area contributed by atoms with E-state index in [0.717, 1.165) is 16.9 Å². The van der Waals surface area contributed by atoms with Crippen LogP contribution >= 0.6 is 23.1 Å². The number of thiophene rings is 1. The summed E-state index contributed by atoms with van der Waals surface area (Å²) in [5.41, 5.74) is 20.5. The van der Waals surface area contributed by atoms with Crippen molar-refractivity contribution >= 4 is 62.2 Å². The SMILES string of the molecule is CSc1nc(NC(=O)c2sc3nc(N)c(C#N)c(-c4ccccc4)c3c2N)cc(N)c1C#N. The number of anilines is 4. The van der Waals surface area contributed by atoms with Crippen molar-refractivity contribution in [1.82, 2.24) is 9.97 Å². The second-order valence-corrected chi connectivity index (χ2v) is 8.59. The van der Waals surface area contributed by atoms with Gasteiger partial charge in [-0.05, 0) is 11.8 Å². The predicted octanol–water partition coefficient (Wildman–Crippen LogP) is 3.82. The highest BCUT2D eigenvalue weighted by atomic mass is 32.2. The number of fused-ring (bicyclic) bond motifs is 1. The number of nitrogens with zero attached hydrogens (tertiary/aromatic N) is 4. The molecule has 7 N–H and O–H groups in total. The van der Waals surface area contributed by atoms with Crippen LogP contribution in [0.1, 0.15) is 20.8 Å². The fraction of sp³-hybridized carbons (Fsp3) is 0.0455. The smallest absolute Gasteiger partial charge is 0.269 e. The van der Waals surface area contributed by atoms with Crippen molar-refractivity contribution in [2.45, 2.75) is 5.03 Å². The van der Waals surface area contributed by atoms with Crippen molar-refractivity contribution in [3.8, 4) is 23.3 Å². The van der Waals surface area contributed by atoms with Gasteiger partial charge in [-0.25, -0.2) is 9.97 Å². The molecule has 0 radical (unpaired) electrons. The van der Waals surface area contributed by atoms with Crippen LogP contribution in [0.5, 0.6) is 0 Å². The van der Waals surface area contributed by atoms with E-state index in [1.54, 1.807) is 6.26 Å². The average Bonchev–Trinajstić information content (AvgIpc) is 3.14. The lowest BCUT2D eigenvalue weighted by molar-refractivity contribution is 0.103. The van der Waals surface area contributed by atoms with Crippen molar-refractivity contribution in [2.75, 3.05) is 28.8 Å². The number of nitriles is 2. The number of nitrogens with two attached hydrogens (primary N) is 3. The summed E-state index contributed by atoms with van der Waals surface area (Å²) in [7, 11) is 0. The van der Waals surface area contributed by atoms with Gasteiger partial charge in [0.1, 0.15) is 49.6 Å². The molecule has 4 aromatic rings. The number of benzene rings is 1. The van der Waals surface area contributed by atoms with E-state index in [4.69, 9.17) is 17.2 Å². The highest BCUT2D eigenvalue weighted by Crippen LogP contribution is 2.42. The van der Waals surface area contributed by atoms with E-state index in [2.05, 4.69) is 21.4 Å². The normalized spacial score (nSPS) is 10.5. The van der Waals surface area contributed by atoms with Gasteiger partial charge >= 0.3 is 0 Å². The molecule has 0 saturated heterocycles. The third-order valence-electron chi connectivity index (χ3n) is 4.85. The van der Waals surface area contributed by atoms with E-state index in [1.165, 1.54) is 17.8 Å². The molecule has 9 nitrogen and oxygen atoms in total. The maximum atomic E-state index is 13.1. The Bertz CT molecular complexity index is 1500. The summed E-state index contributed by atoms with van der Waals surface area (Å²) < 4.78 is 0. The highest BCUT2D eigenvalue weighted by Gasteiger charge is 2.24. The predicted molar refractivity (Wildman–Crippen MR) is 132 cm³/mol. The number of rotatable bonds is 4. The number of nitrogen functional groups attached to an aromatic ring is 3. The first-order chi connectivity index (χ1) is 15.9. The first-order valence-corrected chi connectivity index (χ1v) is 11.5. The summed E-state index contributed by atoms with van der Waals surface area (Å²) >= 11 is 2.30. The molecule has 0 bridgehead atoms. The first kappa shape index (κ1) is 21.9. The molecule has 1 aromatic carbocycles. The number of aromatic nitrogens is 2. The lowest BCUT2D eigenvalue weighted by Crippen LogP contribution is -2.14. The molecule has 1 amide bonds. The van der Waals surface area contributed by atoms with Gasteiger partial charge in [-0.2, -0.15) is 10.5 Å². The van der Waals surface area contributed by atoms with E-state index in [-0.39, 0.29) is 39.0 Å². The highest BCUT2D eigenvalue weighted by molar-refractivity contribution is 7.98. The van der Waals surface area contributed by atoms with Gasteiger partial charge in [0.15, 0.2) is 0 Å². The van der Waals surface area contributed by atoms with Crippen molar-refractivity contribution in [1.29, 1.82) is 10.5 Å². The van der Waals surface area contributed by atoms with Gasteiger partial charge in [-0.3, -0.25) is 4.79 Å². The molecular formula is C22H16N8OS2. The van der Waals surface area contributed by atoms with Gasteiger partial charge in [0.2, 0.25) is 0 Å². The third-order valence-corrected chi connectivity index (χ3v) is 6.63. The van der Waals surface area contributed by atoms with Crippen LogP contribution in [0.2, 0.25) is 0 Å². The number of amides is 1. The summed E-state index contributed by atoms with van der Waals surface area (Å²) in [6, 6.07) is 14.7. The maximum absolute atomic E-state index is 13.1. The molecule has 0 saturated carbocycles. The van der Waals surface area contributed by atoms with Crippen LogP contribution in [-0.4, -0.2) is 22.1 Å². The quantitative estimate of drug-likeness (QED) is 0.321. The molecule has 3 aromatic heterocycles. The Morgan fingerprint density at radius 3 is 2.42 bits per heavy atom. The number of carbonyl (C=O) groups is 1. The van der Waals surface area contributed by atoms with Gasteiger partial charge in [-0.1, -0.05) is 30.3 Å². The zero-order chi connectivity index (χ0) is 23.7. The van der Waals surface area contributed by atoms with Crippen LogP contribution in [0.3, 0.4) is 0 Å². The van der Waals surface area contributed by atoms with Gasteiger partial charge in [0.05, 0.1) is 11.4 Å². The summed E-state index contributed by atoms with van der Waals surface area (Å²) in [5, 5.41) is 22.5. The van der Waals surface area contributed by atoms with Crippen LogP contribution in [-0.2, 0) is 0 Å². The number of thioether (sulfide) groups is 1. The van der Waals surface area contributed by atoms with Crippen molar-refractivity contribution in [3.63, 3.8) is 0 Å². The number of pyridine rings is 2. The zero-order valence-electron chi connectivity index (χ0n) is 17.2. The fourth-order valence-corrected chi connectivity index (χ4v) is 4.95. The van der Waals surface area contributed by atoms with Crippen LogP contribution in [0, 0.1) is 22.7 Å². The van der Waals surface area contributed by atoms with E-state index in [0.29, 0.717) is 20.8 Å². The van der Waals surface area contributed by atoms with E-state index < -0.39 is 5.91 Å². The minimum absolute atomic E-state index is 0.0585. The molecular weight excluding hydrogens is 456 g/mol. The van der Waals surface area contributed by atoms with Gasteiger partial charge in [-0.15, -0.1) is 23.1 Å². The van der Waals surface area contributed by atoms with Gasteiger partial charge in [0.25, 0.3) is 5.91 Å². The average molecular weight is 473 g/mol. The Kier molecular flexibility index (Phi) is 5.75. The van der Waals surface area contributed by atoms with E-state index in [1.807, 2.05) is 36.4 Å².